The molecule has 0 saturated heterocycles. The van der Waals surface area contributed by atoms with Gasteiger partial charge in [-0.25, -0.2) is 0 Å². The van der Waals surface area contributed by atoms with E-state index in [0.717, 1.165) is 21.5 Å². The Hall–Kier alpha value is -2.80. The zero-order chi connectivity index (χ0) is 19.4. The normalized spacial score (nSPS) is 11.4. The minimum Gasteiger partial charge on any atom is -0.326 e. The molecule has 0 unspecified atom stereocenters. The third-order valence-corrected chi connectivity index (χ3v) is 5.22. The van der Waals surface area contributed by atoms with Crippen molar-refractivity contribution >= 4 is 44.7 Å². The molecular formula is C20H22N4O2S. The highest BCUT2D eigenvalue weighted by atomic mass is 32.1. The van der Waals surface area contributed by atoms with E-state index in [1.807, 2.05) is 63.2 Å². The van der Waals surface area contributed by atoms with E-state index in [1.54, 1.807) is 0 Å². The number of carbonyl (C=O) groups is 2. The summed E-state index contributed by atoms with van der Waals surface area (Å²) in [7, 11) is 0. The van der Waals surface area contributed by atoms with Crippen LogP contribution in [0.4, 0.5) is 10.8 Å². The van der Waals surface area contributed by atoms with E-state index >= 15 is 0 Å². The van der Waals surface area contributed by atoms with Gasteiger partial charge in [-0.3, -0.25) is 9.59 Å². The summed E-state index contributed by atoms with van der Waals surface area (Å²) >= 11 is 1.35. The van der Waals surface area contributed by atoms with Gasteiger partial charge in [-0.05, 0) is 11.5 Å². The number of amides is 2. The first-order valence-corrected chi connectivity index (χ1v) is 9.56. The van der Waals surface area contributed by atoms with Gasteiger partial charge in [0.05, 0.1) is 0 Å². The summed E-state index contributed by atoms with van der Waals surface area (Å²) in [5.41, 5.74) is 0.636. The molecule has 2 amide bonds. The number of aromatic nitrogens is 2. The molecule has 1 heterocycles. The fourth-order valence-electron chi connectivity index (χ4n) is 2.53. The maximum Gasteiger partial charge on any atom is 0.226 e. The van der Waals surface area contributed by atoms with Crippen molar-refractivity contribution in [2.24, 2.45) is 0 Å². The molecule has 2 N–H and O–H groups in total. The van der Waals surface area contributed by atoms with Crippen LogP contribution in [0.15, 0.2) is 42.5 Å². The van der Waals surface area contributed by atoms with E-state index in [0.29, 0.717) is 5.13 Å². The SMILES string of the molecule is CC(C)(C)c1nnc(NC(=O)CCC(=O)Nc2cccc3ccccc23)s1. The molecule has 0 bridgehead atoms. The van der Waals surface area contributed by atoms with Crippen molar-refractivity contribution in [1.29, 1.82) is 0 Å². The van der Waals surface area contributed by atoms with Crippen molar-refractivity contribution < 1.29 is 9.59 Å². The van der Waals surface area contributed by atoms with E-state index in [1.165, 1.54) is 11.3 Å². The number of benzene rings is 2. The molecule has 6 nitrogen and oxygen atoms in total. The van der Waals surface area contributed by atoms with E-state index in [-0.39, 0.29) is 30.1 Å². The van der Waals surface area contributed by atoms with E-state index in [2.05, 4.69) is 20.8 Å². The zero-order valence-corrected chi connectivity index (χ0v) is 16.4. The largest absolute Gasteiger partial charge is 0.326 e. The van der Waals surface area contributed by atoms with Gasteiger partial charge < -0.3 is 10.6 Å². The molecule has 0 fully saturated rings. The average Bonchev–Trinajstić information content (AvgIpc) is 3.09. The van der Waals surface area contributed by atoms with Crippen molar-refractivity contribution in [2.45, 2.75) is 39.0 Å². The fraction of sp³-hybridized carbons (Fsp3) is 0.300. The number of nitrogens with one attached hydrogen (secondary N) is 2. The number of nitrogens with zero attached hydrogens (tertiary/aromatic N) is 2. The second kappa shape index (κ2) is 7.84. The minimum atomic E-state index is -0.250. The van der Waals surface area contributed by atoms with Gasteiger partial charge >= 0.3 is 0 Å². The number of hydrogen-bond donors (Lipinski definition) is 2. The first kappa shape index (κ1) is 19.0. The van der Waals surface area contributed by atoms with Crippen LogP contribution in [0.2, 0.25) is 0 Å². The van der Waals surface area contributed by atoms with Crippen LogP contribution in [0, 0.1) is 0 Å². The third kappa shape index (κ3) is 4.89. The first-order chi connectivity index (χ1) is 12.8. The zero-order valence-electron chi connectivity index (χ0n) is 15.6. The molecule has 0 radical (unpaired) electrons. The minimum absolute atomic E-state index is 0.0844. The van der Waals surface area contributed by atoms with Crippen LogP contribution in [0.3, 0.4) is 0 Å². The number of anilines is 2. The summed E-state index contributed by atoms with van der Waals surface area (Å²) in [5.74, 6) is -0.450. The van der Waals surface area contributed by atoms with E-state index < -0.39 is 0 Å². The summed E-state index contributed by atoms with van der Waals surface area (Å²) < 4.78 is 0. The molecule has 27 heavy (non-hydrogen) atoms. The maximum atomic E-state index is 12.2. The number of fused-ring (bicyclic) bond motifs is 1. The monoisotopic (exact) mass is 382 g/mol. The molecule has 3 rings (SSSR count). The second-order valence-electron chi connectivity index (χ2n) is 7.29. The Balaban J connectivity index is 1.54. The lowest BCUT2D eigenvalue weighted by Crippen LogP contribution is -2.17. The third-order valence-electron chi connectivity index (χ3n) is 3.96. The molecular weight excluding hydrogens is 360 g/mol. The molecule has 0 aliphatic rings. The summed E-state index contributed by atoms with van der Waals surface area (Å²) in [4.78, 5) is 24.3. The molecule has 140 valence electrons. The van der Waals surface area contributed by atoms with Crippen LogP contribution in [-0.2, 0) is 15.0 Å². The Morgan fingerprint density at radius 1 is 0.926 bits per heavy atom. The Morgan fingerprint density at radius 2 is 1.59 bits per heavy atom. The van der Waals surface area contributed by atoms with Gasteiger partial charge in [-0.15, -0.1) is 10.2 Å². The van der Waals surface area contributed by atoms with Crippen LogP contribution >= 0.6 is 11.3 Å². The van der Waals surface area contributed by atoms with Gasteiger partial charge in [0.2, 0.25) is 16.9 Å². The highest BCUT2D eigenvalue weighted by Gasteiger charge is 2.20. The van der Waals surface area contributed by atoms with Crippen molar-refractivity contribution in [2.75, 3.05) is 10.6 Å². The first-order valence-electron chi connectivity index (χ1n) is 8.74. The number of rotatable bonds is 5. The average molecular weight is 382 g/mol. The van der Waals surface area contributed by atoms with Crippen LogP contribution in [0.25, 0.3) is 10.8 Å². The fourth-order valence-corrected chi connectivity index (χ4v) is 3.35. The summed E-state index contributed by atoms with van der Waals surface area (Å²) in [5, 5.41) is 17.0. The highest BCUT2D eigenvalue weighted by Crippen LogP contribution is 2.27. The lowest BCUT2D eigenvalue weighted by molar-refractivity contribution is -0.121. The number of hydrogen-bond acceptors (Lipinski definition) is 5. The molecule has 0 aliphatic heterocycles. The summed E-state index contributed by atoms with van der Waals surface area (Å²) in [6, 6.07) is 13.6. The topological polar surface area (TPSA) is 84.0 Å². The lowest BCUT2D eigenvalue weighted by atomic mass is 9.98. The smallest absolute Gasteiger partial charge is 0.226 e. The Kier molecular flexibility index (Phi) is 5.51. The van der Waals surface area contributed by atoms with Crippen LogP contribution in [-0.4, -0.2) is 22.0 Å². The molecule has 3 aromatic rings. The van der Waals surface area contributed by atoms with Gasteiger partial charge in [0.1, 0.15) is 5.01 Å². The summed E-state index contributed by atoms with van der Waals surface area (Å²) in [6.07, 6.45) is 0.182. The van der Waals surface area contributed by atoms with E-state index in [4.69, 9.17) is 0 Å². The molecule has 7 heteroatoms. The van der Waals surface area contributed by atoms with Crippen molar-refractivity contribution in [3.63, 3.8) is 0 Å². The summed E-state index contributed by atoms with van der Waals surface area (Å²) in [6.45, 7) is 6.12. The van der Waals surface area contributed by atoms with E-state index in [9.17, 15) is 9.59 Å². The predicted molar refractivity (Wildman–Crippen MR) is 109 cm³/mol. The van der Waals surface area contributed by atoms with Crippen molar-refractivity contribution in [1.82, 2.24) is 10.2 Å². The van der Waals surface area contributed by atoms with Crippen LogP contribution in [0.5, 0.6) is 0 Å². The highest BCUT2D eigenvalue weighted by molar-refractivity contribution is 7.15. The lowest BCUT2D eigenvalue weighted by Gasteiger charge is -2.12. The van der Waals surface area contributed by atoms with Crippen LogP contribution in [0.1, 0.15) is 38.6 Å². The standard InChI is InChI=1S/C20H22N4O2S/c1-20(2,3)18-23-24-19(27-18)22-17(26)12-11-16(25)21-15-10-6-8-13-7-4-5-9-14(13)15/h4-10H,11-12H2,1-3H3,(H,21,25)(H,22,24,26). The Bertz CT molecular complexity index is 970. The molecule has 0 aliphatic carbocycles. The van der Waals surface area contributed by atoms with Crippen molar-refractivity contribution in [3.05, 3.63) is 47.5 Å². The van der Waals surface area contributed by atoms with Crippen LogP contribution < -0.4 is 10.6 Å². The molecule has 0 atom stereocenters. The number of carbonyl (C=O) groups excluding carboxylic acids is 2. The molecule has 2 aromatic carbocycles. The van der Waals surface area contributed by atoms with Gasteiger partial charge in [0.25, 0.3) is 0 Å². The molecule has 0 spiro atoms. The maximum absolute atomic E-state index is 12.2. The second-order valence-corrected chi connectivity index (χ2v) is 8.26. The van der Waals surface area contributed by atoms with Gasteiger partial charge in [0, 0.05) is 29.3 Å². The quantitative estimate of drug-likeness (QED) is 0.687. The van der Waals surface area contributed by atoms with Gasteiger partial charge in [-0.2, -0.15) is 0 Å². The van der Waals surface area contributed by atoms with Crippen molar-refractivity contribution in [3.8, 4) is 0 Å². The Labute approximate surface area is 162 Å². The van der Waals surface area contributed by atoms with Gasteiger partial charge in [0.15, 0.2) is 0 Å². The molecule has 1 aromatic heterocycles. The Morgan fingerprint density at radius 3 is 2.30 bits per heavy atom. The predicted octanol–water partition coefficient (Wildman–Crippen LogP) is 4.35. The molecule has 0 saturated carbocycles. The van der Waals surface area contributed by atoms with Gasteiger partial charge in [-0.1, -0.05) is 68.5 Å².